The van der Waals surface area contributed by atoms with Crippen LogP contribution < -0.4 is 14.8 Å². The summed E-state index contributed by atoms with van der Waals surface area (Å²) in [7, 11) is -3.88. The van der Waals surface area contributed by atoms with Gasteiger partial charge in [-0.05, 0) is 136 Å². The van der Waals surface area contributed by atoms with Gasteiger partial charge in [-0.3, -0.25) is 14.7 Å². The first-order valence-electron chi connectivity index (χ1n) is 24.9. The second kappa shape index (κ2) is 26.6. The number of rotatable bonds is 11. The Balaban J connectivity index is 0.000000203. The predicted octanol–water partition coefficient (Wildman–Crippen LogP) is 10.7. The van der Waals surface area contributed by atoms with Gasteiger partial charge in [-0.2, -0.15) is 5.26 Å². The van der Waals surface area contributed by atoms with Crippen molar-refractivity contribution >= 4 is 19.7 Å². The van der Waals surface area contributed by atoms with Crippen LogP contribution in [-0.2, 0) is 19.7 Å². The monoisotopic (exact) mass is 970 g/mol. The summed E-state index contributed by atoms with van der Waals surface area (Å²) in [6, 6.07) is 32.3. The molecule has 8 rings (SSSR count). The summed E-state index contributed by atoms with van der Waals surface area (Å²) < 4.78 is 61.1. The van der Waals surface area contributed by atoms with Gasteiger partial charge in [0.05, 0.1) is 39.9 Å². The van der Waals surface area contributed by atoms with E-state index in [1.54, 1.807) is 93.1 Å². The molecule has 0 bridgehead atoms. The molecular formula is C55H79N5O6S2. The molecule has 0 spiro atoms. The van der Waals surface area contributed by atoms with Crippen LogP contribution in [0.2, 0.25) is 0 Å². The van der Waals surface area contributed by atoms with Crippen molar-refractivity contribution in [2.45, 2.75) is 161 Å². The number of ether oxygens (including phenoxy) is 2. The van der Waals surface area contributed by atoms with E-state index in [0.29, 0.717) is 39.3 Å². The zero-order valence-corrected chi connectivity index (χ0v) is 43.7. The van der Waals surface area contributed by atoms with Crippen LogP contribution in [-0.4, -0.2) is 109 Å². The number of benzene rings is 4. The van der Waals surface area contributed by atoms with Crippen LogP contribution in [0.1, 0.15) is 129 Å². The quantitative estimate of drug-likeness (QED) is 0.154. The maximum Gasteiger partial charge on any atom is 0.206 e. The predicted molar refractivity (Wildman–Crippen MR) is 274 cm³/mol. The molecule has 4 aromatic carbocycles. The van der Waals surface area contributed by atoms with Gasteiger partial charge in [0.15, 0.2) is 0 Å². The Morgan fingerprint density at radius 3 is 1.32 bits per heavy atom. The summed E-state index contributed by atoms with van der Waals surface area (Å²) in [5, 5.41) is 10.8. The molecule has 3 atom stereocenters. The van der Waals surface area contributed by atoms with Crippen molar-refractivity contribution in [3.8, 4) is 17.6 Å². The molecule has 2 aliphatic carbocycles. The van der Waals surface area contributed by atoms with Crippen molar-refractivity contribution in [2.75, 3.05) is 53.5 Å². The Bertz CT molecular complexity index is 2360. The lowest BCUT2D eigenvalue weighted by Gasteiger charge is -2.46. The van der Waals surface area contributed by atoms with Crippen molar-refractivity contribution in [2.24, 2.45) is 0 Å². The summed E-state index contributed by atoms with van der Waals surface area (Å²) in [6.07, 6.45) is 14.2. The number of hydrogen-bond donors (Lipinski definition) is 1. The Kier molecular flexibility index (Phi) is 21.4. The number of methoxy groups -OCH3 is 2. The first-order valence-corrected chi connectivity index (χ1v) is 27.9. The summed E-state index contributed by atoms with van der Waals surface area (Å²) in [5.74, 6) is 1.66. The number of sulfone groups is 2. The third-order valence-corrected chi connectivity index (χ3v) is 17.6. The van der Waals surface area contributed by atoms with Crippen molar-refractivity contribution in [3.63, 3.8) is 0 Å². The summed E-state index contributed by atoms with van der Waals surface area (Å²) in [5.41, 5.74) is 2.29. The summed E-state index contributed by atoms with van der Waals surface area (Å²) in [6.45, 7) is 19.5. The fourth-order valence-corrected chi connectivity index (χ4v) is 12.5. The van der Waals surface area contributed by atoms with Crippen LogP contribution in [0, 0.1) is 11.3 Å². The van der Waals surface area contributed by atoms with Crippen LogP contribution in [0.25, 0.3) is 0 Å². The lowest BCUT2D eigenvalue weighted by atomic mass is 9.93. The lowest BCUT2D eigenvalue weighted by molar-refractivity contribution is 0.0225. The molecule has 2 saturated carbocycles. The molecule has 2 aliphatic heterocycles. The van der Waals surface area contributed by atoms with E-state index in [9.17, 15) is 16.8 Å². The van der Waals surface area contributed by atoms with Gasteiger partial charge < -0.3 is 14.8 Å². The molecule has 372 valence electrons. The Labute approximate surface area is 410 Å². The van der Waals surface area contributed by atoms with E-state index in [1.165, 1.54) is 90.8 Å². The molecule has 2 saturated heterocycles. The number of hydrogen-bond acceptors (Lipinski definition) is 11. The Morgan fingerprint density at radius 1 is 0.574 bits per heavy atom. The summed E-state index contributed by atoms with van der Waals surface area (Å²) >= 11 is 0. The average molecular weight is 970 g/mol. The standard InChI is InChI=1S/C26H36N2O3S.C16H18O3S.C11H22N2.C2H3N/c1-20-19-27(23-7-5-4-6-8-23)17-18-28(20)21(2)22-9-13-25(14-10-22)32(29,30)26-15-11-24(31-3)12-16-26;1-12(2)13-4-8-15(9-5-13)20(17,18)16-10-6-14(19-3)7-11-16;1-10-9-13(8-7-12-10)11-5-3-2-4-6-11;1-2-3/h9-16,20-21,23H,4-8,17-19H2,1-3H3;4-12H,1-3H3;10-12H,2-9H2,1H3;1H3/t;;10-;/m..1./s1. The van der Waals surface area contributed by atoms with E-state index < -0.39 is 19.7 Å². The van der Waals surface area contributed by atoms with Crippen molar-refractivity contribution in [1.29, 1.82) is 5.26 Å². The number of nitrogens with one attached hydrogen (secondary N) is 1. The van der Waals surface area contributed by atoms with Crippen molar-refractivity contribution < 1.29 is 26.3 Å². The minimum Gasteiger partial charge on any atom is -0.497 e. The minimum atomic E-state index is -3.54. The normalized spacial score (nSPS) is 20.5. The van der Waals surface area contributed by atoms with Gasteiger partial charge in [-0.25, -0.2) is 16.8 Å². The Hall–Kier alpha value is -4.29. The molecule has 4 fully saturated rings. The second-order valence-corrected chi connectivity index (χ2v) is 23.0. The molecule has 0 aromatic heterocycles. The SMILES string of the molecule is CC#N.COc1ccc(S(=O)(=O)c2ccc(C(C)C)cc2)cc1.COc1ccc(S(=O)(=O)c2ccc(C(C)N3CCN(C4CCCCC4)CC3C)cc2)cc1.C[C@@H]1CN(C2CCCCC2)CCN1. The van der Waals surface area contributed by atoms with Gasteiger partial charge >= 0.3 is 0 Å². The molecule has 4 aromatic rings. The molecule has 13 heteroatoms. The largest absolute Gasteiger partial charge is 0.497 e. The van der Waals surface area contributed by atoms with Crippen molar-refractivity contribution in [3.05, 3.63) is 108 Å². The highest BCUT2D eigenvalue weighted by Crippen LogP contribution is 2.31. The third-order valence-electron chi connectivity index (χ3n) is 14.1. The van der Waals surface area contributed by atoms with E-state index in [-0.39, 0.29) is 15.8 Å². The van der Waals surface area contributed by atoms with Gasteiger partial charge in [0.1, 0.15) is 11.5 Å². The van der Waals surface area contributed by atoms with Crippen LogP contribution in [0.15, 0.2) is 117 Å². The van der Waals surface area contributed by atoms with Gasteiger partial charge in [0, 0.05) is 76.4 Å². The van der Waals surface area contributed by atoms with Gasteiger partial charge in [0.25, 0.3) is 0 Å². The first kappa shape index (κ1) is 54.6. The first-order chi connectivity index (χ1) is 32.6. The molecule has 2 unspecified atom stereocenters. The molecule has 0 radical (unpaired) electrons. The van der Waals surface area contributed by atoms with E-state index >= 15 is 0 Å². The second-order valence-electron chi connectivity index (χ2n) is 19.1. The van der Waals surface area contributed by atoms with Crippen molar-refractivity contribution in [1.82, 2.24) is 20.0 Å². The van der Waals surface area contributed by atoms with Crippen LogP contribution >= 0.6 is 0 Å². The maximum absolute atomic E-state index is 13.0. The van der Waals surface area contributed by atoms with E-state index in [1.807, 2.05) is 24.3 Å². The molecule has 1 N–H and O–H groups in total. The third kappa shape index (κ3) is 15.1. The zero-order chi connectivity index (χ0) is 49.3. The molecule has 4 aliphatic rings. The molecule has 2 heterocycles. The maximum atomic E-state index is 13.0. The molecule has 68 heavy (non-hydrogen) atoms. The highest BCUT2D eigenvalue weighted by Gasteiger charge is 2.32. The number of nitriles is 1. The lowest BCUT2D eigenvalue weighted by Crippen LogP contribution is -2.55. The average Bonchev–Trinajstić information content (AvgIpc) is 3.37. The number of piperazine rings is 2. The highest BCUT2D eigenvalue weighted by atomic mass is 32.2. The summed E-state index contributed by atoms with van der Waals surface area (Å²) in [4.78, 5) is 9.17. The van der Waals surface area contributed by atoms with Gasteiger partial charge in [0.2, 0.25) is 19.7 Å². The van der Waals surface area contributed by atoms with E-state index in [2.05, 4.69) is 54.6 Å². The van der Waals surface area contributed by atoms with Crippen LogP contribution in [0.4, 0.5) is 0 Å². The smallest absolute Gasteiger partial charge is 0.206 e. The highest BCUT2D eigenvalue weighted by molar-refractivity contribution is 7.91. The molecule has 0 amide bonds. The van der Waals surface area contributed by atoms with Gasteiger partial charge in [-0.1, -0.05) is 76.6 Å². The number of nitrogens with zero attached hydrogens (tertiary/aromatic N) is 4. The van der Waals surface area contributed by atoms with E-state index in [4.69, 9.17) is 14.7 Å². The fourth-order valence-electron chi connectivity index (χ4n) is 10.0. The topological polar surface area (TPSA) is 132 Å². The minimum absolute atomic E-state index is 0.260. The zero-order valence-electron chi connectivity index (χ0n) is 42.1. The van der Waals surface area contributed by atoms with Crippen LogP contribution in [0.5, 0.6) is 11.5 Å². The molecule has 11 nitrogen and oxygen atoms in total. The van der Waals surface area contributed by atoms with Crippen LogP contribution in [0.3, 0.4) is 0 Å². The van der Waals surface area contributed by atoms with E-state index in [0.717, 1.165) is 42.8 Å². The van der Waals surface area contributed by atoms with Gasteiger partial charge in [-0.15, -0.1) is 0 Å². The Morgan fingerprint density at radius 2 is 0.956 bits per heavy atom. The molecular weight excluding hydrogens is 891 g/mol. The fraction of sp³-hybridized carbons (Fsp3) is 0.545.